The van der Waals surface area contributed by atoms with E-state index in [-0.39, 0.29) is 17.6 Å². The molecule has 1 aliphatic rings. The molecule has 1 aliphatic heterocycles. The highest BCUT2D eigenvalue weighted by Gasteiger charge is 2.34. The lowest BCUT2D eigenvalue weighted by atomic mass is 10.1. The average molecular weight is 355 g/mol. The Morgan fingerprint density at radius 2 is 2.00 bits per heavy atom. The maximum Gasteiger partial charge on any atom is 0.252 e. The van der Waals surface area contributed by atoms with E-state index in [1.54, 1.807) is 36.1 Å². The molecule has 136 valence electrons. The first-order chi connectivity index (χ1) is 12.4. The number of carbonyl (C=O) groups excluding carboxylic acids is 2. The van der Waals surface area contributed by atoms with Gasteiger partial charge in [0, 0.05) is 37.6 Å². The van der Waals surface area contributed by atoms with E-state index in [4.69, 9.17) is 0 Å². The van der Waals surface area contributed by atoms with E-state index >= 15 is 0 Å². The highest BCUT2D eigenvalue weighted by atomic mass is 19.1. The first kappa shape index (κ1) is 17.9. The van der Waals surface area contributed by atoms with Crippen LogP contribution in [0.5, 0.6) is 0 Å². The Balaban J connectivity index is 1.71. The zero-order chi connectivity index (χ0) is 18.8. The monoisotopic (exact) mass is 355 g/mol. The van der Waals surface area contributed by atoms with Crippen LogP contribution < -0.4 is 15.1 Å². The predicted molar refractivity (Wildman–Crippen MR) is 100 cm³/mol. The van der Waals surface area contributed by atoms with Crippen molar-refractivity contribution in [2.24, 2.45) is 0 Å². The number of hydrogen-bond donors (Lipinski definition) is 1. The molecule has 2 amide bonds. The standard InChI is InChI=1S/C20H22FN3O2/c1-13-11-16(7-8-17(13)21)24-10-9-18(20(24)26)22-19(25)14-5-4-6-15(12-14)23(2)3/h4-8,11-12,18H,9-10H2,1-3H3,(H,22,25). The van der Waals surface area contributed by atoms with Crippen molar-refractivity contribution in [1.82, 2.24) is 5.32 Å². The lowest BCUT2D eigenvalue weighted by Crippen LogP contribution is -2.41. The molecule has 1 fully saturated rings. The first-order valence-corrected chi connectivity index (χ1v) is 8.52. The number of halogens is 1. The normalized spacial score (nSPS) is 16.7. The third-order valence-electron chi connectivity index (χ3n) is 4.59. The molecule has 5 nitrogen and oxygen atoms in total. The zero-order valence-corrected chi connectivity index (χ0v) is 15.1. The number of anilines is 2. The van der Waals surface area contributed by atoms with Gasteiger partial charge in [0.25, 0.3) is 5.91 Å². The van der Waals surface area contributed by atoms with Gasteiger partial charge in [-0.05, 0) is 55.3 Å². The van der Waals surface area contributed by atoms with E-state index < -0.39 is 6.04 Å². The molecule has 0 saturated carbocycles. The highest BCUT2D eigenvalue weighted by molar-refractivity contribution is 6.04. The minimum Gasteiger partial charge on any atom is -0.378 e. The molecular weight excluding hydrogens is 333 g/mol. The minimum absolute atomic E-state index is 0.173. The SMILES string of the molecule is Cc1cc(N2CCC(NC(=O)c3cccc(N(C)C)c3)C2=O)ccc1F. The zero-order valence-electron chi connectivity index (χ0n) is 15.1. The summed E-state index contributed by atoms with van der Waals surface area (Å²) in [6.07, 6.45) is 0.522. The van der Waals surface area contributed by atoms with Crippen LogP contribution in [0.2, 0.25) is 0 Å². The van der Waals surface area contributed by atoms with Gasteiger partial charge in [-0.3, -0.25) is 9.59 Å². The fourth-order valence-corrected chi connectivity index (χ4v) is 3.03. The van der Waals surface area contributed by atoms with Crippen LogP contribution in [0.1, 0.15) is 22.3 Å². The maximum atomic E-state index is 13.4. The van der Waals surface area contributed by atoms with Gasteiger partial charge in [0.15, 0.2) is 0 Å². The van der Waals surface area contributed by atoms with Crippen molar-refractivity contribution >= 4 is 23.2 Å². The van der Waals surface area contributed by atoms with Crippen LogP contribution in [0.3, 0.4) is 0 Å². The molecule has 0 spiro atoms. The molecule has 0 bridgehead atoms. The molecule has 1 atom stereocenters. The second kappa shape index (κ2) is 7.15. The van der Waals surface area contributed by atoms with Gasteiger partial charge in [-0.2, -0.15) is 0 Å². The van der Waals surface area contributed by atoms with Crippen LogP contribution in [0.15, 0.2) is 42.5 Å². The maximum absolute atomic E-state index is 13.4. The van der Waals surface area contributed by atoms with Crippen molar-refractivity contribution in [3.05, 3.63) is 59.4 Å². The van der Waals surface area contributed by atoms with Crippen LogP contribution in [0, 0.1) is 12.7 Å². The number of rotatable bonds is 4. The van der Waals surface area contributed by atoms with Crippen molar-refractivity contribution < 1.29 is 14.0 Å². The number of nitrogens with zero attached hydrogens (tertiary/aromatic N) is 2. The predicted octanol–water partition coefficient (Wildman–Crippen LogP) is 2.74. The molecule has 0 aromatic heterocycles. The summed E-state index contributed by atoms with van der Waals surface area (Å²) in [5.74, 6) is -0.747. The molecule has 6 heteroatoms. The van der Waals surface area contributed by atoms with E-state index in [2.05, 4.69) is 5.32 Å². The lowest BCUT2D eigenvalue weighted by molar-refractivity contribution is -0.118. The summed E-state index contributed by atoms with van der Waals surface area (Å²) in [6.45, 7) is 2.16. The Bertz CT molecular complexity index is 851. The summed E-state index contributed by atoms with van der Waals surface area (Å²) in [5, 5.41) is 2.81. The number of benzene rings is 2. The van der Waals surface area contributed by atoms with Crippen LogP contribution >= 0.6 is 0 Å². The van der Waals surface area contributed by atoms with Gasteiger partial charge >= 0.3 is 0 Å². The molecule has 2 aromatic carbocycles. The van der Waals surface area contributed by atoms with Gasteiger partial charge < -0.3 is 15.1 Å². The van der Waals surface area contributed by atoms with E-state index in [9.17, 15) is 14.0 Å². The molecule has 0 radical (unpaired) electrons. The van der Waals surface area contributed by atoms with Crippen LogP contribution in [-0.4, -0.2) is 38.5 Å². The molecule has 0 aliphatic carbocycles. The first-order valence-electron chi connectivity index (χ1n) is 8.52. The number of amides is 2. The smallest absolute Gasteiger partial charge is 0.252 e. The molecule has 1 N–H and O–H groups in total. The fourth-order valence-electron chi connectivity index (χ4n) is 3.03. The number of carbonyl (C=O) groups is 2. The quantitative estimate of drug-likeness (QED) is 0.918. The third kappa shape index (κ3) is 3.54. The Labute approximate surface area is 152 Å². The molecule has 2 aromatic rings. The molecule has 1 saturated heterocycles. The second-order valence-corrected chi connectivity index (χ2v) is 6.68. The molecular formula is C20H22FN3O2. The van der Waals surface area contributed by atoms with Crippen molar-refractivity contribution in [2.45, 2.75) is 19.4 Å². The Morgan fingerprint density at radius 1 is 1.23 bits per heavy atom. The van der Waals surface area contributed by atoms with Gasteiger partial charge in [0.05, 0.1) is 0 Å². The van der Waals surface area contributed by atoms with Crippen LogP contribution in [0.4, 0.5) is 15.8 Å². The number of aryl methyl sites for hydroxylation is 1. The summed E-state index contributed by atoms with van der Waals surface area (Å²) >= 11 is 0. The second-order valence-electron chi connectivity index (χ2n) is 6.68. The van der Waals surface area contributed by atoms with E-state index in [1.807, 2.05) is 31.1 Å². The summed E-state index contributed by atoms with van der Waals surface area (Å²) < 4.78 is 13.4. The van der Waals surface area contributed by atoms with Crippen LogP contribution in [-0.2, 0) is 4.79 Å². The summed E-state index contributed by atoms with van der Waals surface area (Å²) in [4.78, 5) is 28.7. The molecule has 3 rings (SSSR count). The summed E-state index contributed by atoms with van der Waals surface area (Å²) in [7, 11) is 3.81. The van der Waals surface area contributed by atoms with Gasteiger partial charge in [0.1, 0.15) is 11.9 Å². The number of nitrogens with one attached hydrogen (secondary N) is 1. The van der Waals surface area contributed by atoms with Crippen molar-refractivity contribution in [3.8, 4) is 0 Å². The Hall–Kier alpha value is -2.89. The number of hydrogen-bond acceptors (Lipinski definition) is 3. The minimum atomic E-state index is -0.573. The van der Waals surface area contributed by atoms with Crippen molar-refractivity contribution in [1.29, 1.82) is 0 Å². The van der Waals surface area contributed by atoms with Gasteiger partial charge in [-0.15, -0.1) is 0 Å². The average Bonchev–Trinajstić information content (AvgIpc) is 2.98. The summed E-state index contributed by atoms with van der Waals surface area (Å²) in [5.41, 5.74) is 2.57. The van der Waals surface area contributed by atoms with Gasteiger partial charge in [-0.25, -0.2) is 4.39 Å². The van der Waals surface area contributed by atoms with E-state index in [1.165, 1.54) is 6.07 Å². The molecule has 1 unspecified atom stereocenters. The van der Waals surface area contributed by atoms with Crippen molar-refractivity contribution in [2.75, 3.05) is 30.4 Å². The third-order valence-corrected chi connectivity index (χ3v) is 4.59. The Morgan fingerprint density at radius 3 is 2.69 bits per heavy atom. The van der Waals surface area contributed by atoms with Crippen LogP contribution in [0.25, 0.3) is 0 Å². The van der Waals surface area contributed by atoms with Gasteiger partial charge in [-0.1, -0.05) is 6.07 Å². The topological polar surface area (TPSA) is 52.7 Å². The fraction of sp³-hybridized carbons (Fsp3) is 0.300. The molecule has 26 heavy (non-hydrogen) atoms. The largest absolute Gasteiger partial charge is 0.378 e. The lowest BCUT2D eigenvalue weighted by Gasteiger charge is -2.18. The Kier molecular flexibility index (Phi) is 4.93. The van der Waals surface area contributed by atoms with Crippen molar-refractivity contribution in [3.63, 3.8) is 0 Å². The summed E-state index contributed by atoms with van der Waals surface area (Å²) in [6, 6.07) is 11.3. The highest BCUT2D eigenvalue weighted by Crippen LogP contribution is 2.24. The van der Waals surface area contributed by atoms with E-state index in [0.29, 0.717) is 29.8 Å². The van der Waals surface area contributed by atoms with E-state index in [0.717, 1.165) is 5.69 Å². The van der Waals surface area contributed by atoms with Gasteiger partial charge in [0.2, 0.25) is 5.91 Å². The molecule has 1 heterocycles.